The van der Waals surface area contributed by atoms with Crippen LogP contribution in [0.15, 0.2) is 47.7 Å². The predicted molar refractivity (Wildman–Crippen MR) is 195 cm³/mol. The van der Waals surface area contributed by atoms with Crippen molar-refractivity contribution in [1.29, 1.82) is 0 Å². The van der Waals surface area contributed by atoms with E-state index in [2.05, 4.69) is 12.7 Å². The zero-order valence-corrected chi connectivity index (χ0v) is 30.6. The smallest absolute Gasteiger partial charge is 0.239 e. The number of likely N-dealkylation sites (N-methyl/N-ethyl adjacent to an activating group) is 1. The minimum Gasteiger partial charge on any atom is -0.508 e. The monoisotopic (exact) mass is 708 g/mol. The van der Waals surface area contributed by atoms with Crippen LogP contribution in [0.1, 0.15) is 114 Å². The molecule has 51 heavy (non-hydrogen) atoms. The van der Waals surface area contributed by atoms with Crippen LogP contribution < -0.4 is 4.74 Å². The zero-order chi connectivity index (χ0) is 35.8. The summed E-state index contributed by atoms with van der Waals surface area (Å²) in [6.07, 6.45) is 17.8. The molecule has 1 saturated heterocycles. The van der Waals surface area contributed by atoms with Crippen LogP contribution in [-0.2, 0) is 19.1 Å². The minimum atomic E-state index is -1.27. The molecule has 0 aromatic heterocycles. The normalized spacial score (nSPS) is 31.0. The second-order valence-electron chi connectivity index (χ2n) is 15.4. The Balaban J connectivity index is 1.48. The van der Waals surface area contributed by atoms with E-state index in [9.17, 15) is 20.1 Å². The molecule has 0 spiro atoms. The number of amides is 1. The number of nitrogens with zero attached hydrogens (tertiary/aromatic N) is 2. The van der Waals surface area contributed by atoms with Crippen LogP contribution in [0, 0.1) is 23.7 Å². The highest BCUT2D eigenvalue weighted by molar-refractivity contribution is 6.03. The van der Waals surface area contributed by atoms with Gasteiger partial charge in [0.25, 0.3) is 0 Å². The summed E-state index contributed by atoms with van der Waals surface area (Å²) >= 11 is 0. The van der Waals surface area contributed by atoms with Crippen molar-refractivity contribution in [3.8, 4) is 11.5 Å². The van der Waals surface area contributed by atoms with Crippen LogP contribution in [0.4, 0.5) is 0 Å². The van der Waals surface area contributed by atoms with Gasteiger partial charge in [-0.25, -0.2) is 0 Å². The molecular formula is C41H60N2O8. The lowest BCUT2D eigenvalue weighted by Crippen LogP contribution is -2.69. The minimum absolute atomic E-state index is 0.0608. The van der Waals surface area contributed by atoms with Crippen LogP contribution in [0.2, 0.25) is 0 Å². The lowest BCUT2D eigenvalue weighted by Gasteiger charge is -2.59. The van der Waals surface area contributed by atoms with Gasteiger partial charge in [-0.1, -0.05) is 55.8 Å². The van der Waals surface area contributed by atoms with E-state index in [0.29, 0.717) is 44.0 Å². The SMILES string of the molecule is C=CCO[C@@]12Oc3ccc(O)cc3[C@H]3[C@H](CCCCO)[C@@H](CCCCO)C=C(C(=NOC4CCCCO4)C[C@@H]1N(C)C(=O)CCC1CCCC1)[C@H]32. The summed E-state index contributed by atoms with van der Waals surface area (Å²) < 4.78 is 20.0. The zero-order valence-electron chi connectivity index (χ0n) is 30.6. The van der Waals surface area contributed by atoms with E-state index in [1.807, 2.05) is 24.1 Å². The Hall–Kier alpha value is -2.92. The first-order valence-corrected chi connectivity index (χ1v) is 19.7. The number of unbranched alkanes of at least 4 members (excludes halogenated alkanes) is 2. The molecule has 2 heterocycles. The Morgan fingerprint density at radius 3 is 2.55 bits per heavy atom. The third-order valence-electron chi connectivity index (χ3n) is 12.2. The number of oxime groups is 1. The molecule has 1 unspecified atom stereocenters. The van der Waals surface area contributed by atoms with Gasteiger partial charge in [-0.3, -0.25) is 4.79 Å². The lowest BCUT2D eigenvalue weighted by molar-refractivity contribution is -0.256. The van der Waals surface area contributed by atoms with Gasteiger partial charge < -0.3 is 39.3 Å². The topological polar surface area (TPSA) is 130 Å². The number of aromatic hydroxyl groups is 1. The number of aliphatic hydroxyl groups is 2. The number of carbonyl (C=O) groups is 1. The van der Waals surface area contributed by atoms with Crippen molar-refractivity contribution in [2.45, 2.75) is 127 Å². The fourth-order valence-corrected chi connectivity index (χ4v) is 9.63. The molecule has 2 aliphatic heterocycles. The molecule has 1 amide bonds. The molecule has 3 fully saturated rings. The number of fused-ring (bicyclic) bond motifs is 2. The first-order chi connectivity index (χ1) is 24.9. The summed E-state index contributed by atoms with van der Waals surface area (Å²) in [4.78, 5) is 22.2. The number of ether oxygens (including phenoxy) is 3. The molecule has 0 bridgehead atoms. The number of hydrogen-bond donors (Lipinski definition) is 3. The van der Waals surface area contributed by atoms with Crippen LogP contribution in [0.5, 0.6) is 11.5 Å². The Bertz CT molecular complexity index is 1390. The molecule has 10 heteroatoms. The van der Waals surface area contributed by atoms with Gasteiger partial charge in [0.2, 0.25) is 18.0 Å². The molecule has 10 nitrogen and oxygen atoms in total. The number of phenols is 1. The van der Waals surface area contributed by atoms with E-state index in [1.165, 1.54) is 25.7 Å². The van der Waals surface area contributed by atoms with E-state index in [1.54, 1.807) is 12.1 Å². The van der Waals surface area contributed by atoms with Gasteiger partial charge in [0, 0.05) is 51.0 Å². The molecule has 1 aromatic rings. The average molecular weight is 709 g/mol. The van der Waals surface area contributed by atoms with E-state index >= 15 is 0 Å². The van der Waals surface area contributed by atoms with Gasteiger partial charge in [-0.15, -0.1) is 6.58 Å². The molecular weight excluding hydrogens is 648 g/mol. The second kappa shape index (κ2) is 17.7. The van der Waals surface area contributed by atoms with Gasteiger partial charge >= 0.3 is 0 Å². The summed E-state index contributed by atoms with van der Waals surface area (Å²) in [7, 11) is 1.88. The summed E-state index contributed by atoms with van der Waals surface area (Å²) in [5, 5.41) is 35.3. The van der Waals surface area contributed by atoms with Crippen LogP contribution >= 0.6 is 0 Å². The third-order valence-corrected chi connectivity index (χ3v) is 12.2. The number of allylic oxidation sites excluding steroid dienone is 1. The number of aliphatic hydroxyl groups excluding tert-OH is 2. The fraction of sp³-hybridized carbons (Fsp3) is 0.707. The molecule has 282 valence electrons. The number of hydrogen-bond acceptors (Lipinski definition) is 9. The van der Waals surface area contributed by atoms with Gasteiger partial charge in [0.05, 0.1) is 24.8 Å². The summed E-state index contributed by atoms with van der Waals surface area (Å²) in [5.74, 6) is -0.0828. The molecule has 1 aromatic carbocycles. The Morgan fingerprint density at radius 1 is 1.06 bits per heavy atom. The van der Waals surface area contributed by atoms with Crippen LogP contribution in [0.3, 0.4) is 0 Å². The highest BCUT2D eigenvalue weighted by Gasteiger charge is 2.65. The third kappa shape index (κ3) is 8.34. The van der Waals surface area contributed by atoms with Crippen LogP contribution in [0.25, 0.3) is 0 Å². The van der Waals surface area contributed by atoms with Crippen molar-refractivity contribution in [3.05, 3.63) is 48.1 Å². The highest BCUT2D eigenvalue weighted by atomic mass is 16.8. The maximum Gasteiger partial charge on any atom is 0.239 e. The molecule has 6 rings (SSSR count). The van der Waals surface area contributed by atoms with Crippen molar-refractivity contribution < 1.29 is 39.2 Å². The predicted octanol–water partition coefficient (Wildman–Crippen LogP) is 6.98. The van der Waals surface area contributed by atoms with Crippen molar-refractivity contribution >= 4 is 11.6 Å². The lowest BCUT2D eigenvalue weighted by atomic mass is 9.55. The Kier molecular flexibility index (Phi) is 13.2. The first-order valence-electron chi connectivity index (χ1n) is 19.7. The number of carbonyl (C=O) groups excluding carboxylic acids is 1. The number of phenolic OH excluding ortho intramolecular Hbond substituents is 1. The largest absolute Gasteiger partial charge is 0.508 e. The van der Waals surface area contributed by atoms with E-state index < -0.39 is 18.1 Å². The fourth-order valence-electron chi connectivity index (χ4n) is 9.63. The van der Waals surface area contributed by atoms with E-state index in [-0.39, 0.29) is 55.1 Å². The number of rotatable bonds is 17. The summed E-state index contributed by atoms with van der Waals surface area (Å²) in [6.45, 7) is 5.11. The van der Waals surface area contributed by atoms with E-state index in [0.717, 1.165) is 68.2 Å². The van der Waals surface area contributed by atoms with Crippen molar-refractivity contribution in [2.24, 2.45) is 28.8 Å². The molecule has 3 aliphatic carbocycles. The maximum atomic E-state index is 14.2. The molecule has 3 N–H and O–H groups in total. The molecule has 7 atom stereocenters. The first kappa shape index (κ1) is 37.8. The quantitative estimate of drug-likeness (QED) is 0.0898. The van der Waals surface area contributed by atoms with Gasteiger partial charge in [-0.2, -0.15) is 0 Å². The van der Waals surface area contributed by atoms with Crippen LogP contribution in [-0.4, -0.2) is 83.4 Å². The maximum absolute atomic E-state index is 14.2. The molecule has 0 radical (unpaired) electrons. The molecule has 5 aliphatic rings. The van der Waals surface area contributed by atoms with Gasteiger partial charge in [0.1, 0.15) is 17.5 Å². The van der Waals surface area contributed by atoms with E-state index in [4.69, 9.17) is 24.2 Å². The van der Waals surface area contributed by atoms with Crippen molar-refractivity contribution in [1.82, 2.24) is 4.90 Å². The van der Waals surface area contributed by atoms with Gasteiger partial charge in [0.15, 0.2) is 0 Å². The summed E-state index contributed by atoms with van der Waals surface area (Å²) in [6, 6.07) is 4.78. The average Bonchev–Trinajstić information content (AvgIpc) is 3.68. The van der Waals surface area contributed by atoms with Crippen molar-refractivity contribution in [3.63, 3.8) is 0 Å². The molecule has 2 saturated carbocycles. The highest BCUT2D eigenvalue weighted by Crippen LogP contribution is 2.61. The number of benzene rings is 1. The summed E-state index contributed by atoms with van der Waals surface area (Å²) in [5.41, 5.74) is 2.67. The second-order valence-corrected chi connectivity index (χ2v) is 15.4. The Morgan fingerprint density at radius 2 is 1.82 bits per heavy atom. The Labute approximate surface area is 303 Å². The van der Waals surface area contributed by atoms with Crippen molar-refractivity contribution in [2.75, 3.05) is 33.5 Å². The standard InChI is InChI=1S/C41H60N2O8/c1-3-23-49-41-36(43(2)37(47)20-17-28-12-4-5-13-28)27-34(42-51-38-16-8-11-24-48-38)32-25-29(14-6-9-21-44)31(15-7-10-22-45)39(40(32)41)33-26-30(46)18-19-35(33)50-41/h3,18-19,25-26,28-29,31,36,38-40,44-46H,1,4-17,20-24,27H2,2H3/t29-,31+,36-,38?,39+,40+,41+/m0/s1. The van der Waals surface area contributed by atoms with Gasteiger partial charge in [-0.05, 0) is 86.5 Å².